The molecule has 0 unspecified atom stereocenters. The molecule has 4 heteroatoms. The van der Waals surface area contributed by atoms with Crippen LogP contribution < -0.4 is 0 Å². The highest BCUT2D eigenvalue weighted by Crippen LogP contribution is 2.18. The molecule has 0 saturated carbocycles. The molecule has 2 rings (SSSR count). The highest BCUT2D eigenvalue weighted by Gasteiger charge is 2.01. The predicted octanol–water partition coefficient (Wildman–Crippen LogP) is 3.20. The van der Waals surface area contributed by atoms with Gasteiger partial charge in [-0.05, 0) is 46.6 Å². The Hall–Kier alpha value is -1.42. The van der Waals surface area contributed by atoms with Crippen molar-refractivity contribution in [3.05, 3.63) is 40.5 Å². The molecule has 1 aromatic heterocycles. The summed E-state index contributed by atoms with van der Waals surface area (Å²) in [5, 5.41) is 12.9. The van der Waals surface area contributed by atoms with Crippen LogP contribution in [-0.4, -0.2) is 15.9 Å². The van der Waals surface area contributed by atoms with Gasteiger partial charge in [-0.3, -0.25) is 4.98 Å². The topological polar surface area (TPSA) is 45.5 Å². The quantitative estimate of drug-likeness (QED) is 0.489. The van der Waals surface area contributed by atoms with Crippen LogP contribution in [0.2, 0.25) is 0 Å². The molecular formula is C11H9BrN2O. The highest BCUT2D eigenvalue weighted by atomic mass is 79.9. The Balaban J connectivity index is 2.64. The summed E-state index contributed by atoms with van der Waals surface area (Å²) in [6, 6.07) is 7.72. The van der Waals surface area contributed by atoms with Crippen LogP contribution in [0.25, 0.3) is 10.9 Å². The summed E-state index contributed by atoms with van der Waals surface area (Å²) in [6.45, 7) is 1.76. The summed E-state index contributed by atoms with van der Waals surface area (Å²) < 4.78 is 0.936. The Kier molecular flexibility index (Phi) is 2.68. The maximum atomic E-state index is 8.68. The predicted molar refractivity (Wildman–Crippen MR) is 63.4 cm³/mol. The van der Waals surface area contributed by atoms with Gasteiger partial charge in [-0.15, -0.1) is 0 Å². The number of hydrogen-bond acceptors (Lipinski definition) is 3. The van der Waals surface area contributed by atoms with Gasteiger partial charge in [-0.2, -0.15) is 0 Å². The second kappa shape index (κ2) is 3.98. The maximum absolute atomic E-state index is 8.68. The minimum Gasteiger partial charge on any atom is -0.411 e. The molecule has 2 aromatic rings. The second-order valence-corrected chi connectivity index (χ2v) is 4.16. The lowest BCUT2D eigenvalue weighted by molar-refractivity contribution is 0.319. The zero-order valence-electron chi connectivity index (χ0n) is 8.11. The molecule has 0 bridgehead atoms. The van der Waals surface area contributed by atoms with Crippen LogP contribution in [0.5, 0.6) is 0 Å². The molecule has 1 heterocycles. The van der Waals surface area contributed by atoms with Crippen molar-refractivity contribution >= 4 is 32.5 Å². The number of fused-ring (bicyclic) bond motifs is 1. The zero-order chi connectivity index (χ0) is 10.8. The van der Waals surface area contributed by atoms with Gasteiger partial charge in [-0.25, -0.2) is 0 Å². The van der Waals surface area contributed by atoms with Crippen molar-refractivity contribution < 1.29 is 5.21 Å². The zero-order valence-corrected chi connectivity index (χ0v) is 9.69. The fraction of sp³-hybridized carbons (Fsp3) is 0.0909. The Morgan fingerprint density at radius 2 is 2.20 bits per heavy atom. The van der Waals surface area contributed by atoms with Crippen LogP contribution in [0.15, 0.2) is 40.1 Å². The first kappa shape index (κ1) is 10.1. The Morgan fingerprint density at radius 3 is 2.93 bits per heavy atom. The third kappa shape index (κ3) is 1.99. The number of hydrogen-bond donors (Lipinski definition) is 1. The molecule has 1 aromatic carbocycles. The lowest BCUT2D eigenvalue weighted by Gasteiger charge is -2.01. The highest BCUT2D eigenvalue weighted by molar-refractivity contribution is 9.10. The molecule has 0 aliphatic carbocycles. The SMILES string of the molecule is C/C(=N\O)c1ccc2ncc(Br)cc2c1. The maximum Gasteiger partial charge on any atom is 0.0837 e. The van der Waals surface area contributed by atoms with E-state index in [0.717, 1.165) is 20.9 Å². The number of oxime groups is 1. The van der Waals surface area contributed by atoms with Crippen molar-refractivity contribution in [2.75, 3.05) is 0 Å². The summed E-state index contributed by atoms with van der Waals surface area (Å²) >= 11 is 3.37. The van der Waals surface area contributed by atoms with E-state index in [1.165, 1.54) is 0 Å². The standard InChI is InChI=1S/C11H9BrN2O/c1-7(14-15)8-2-3-11-9(4-8)5-10(12)6-13-11/h2-6,15H,1H3/b14-7+. The van der Waals surface area contributed by atoms with Crippen LogP contribution >= 0.6 is 15.9 Å². The van der Waals surface area contributed by atoms with E-state index in [1.807, 2.05) is 24.3 Å². The average molecular weight is 265 g/mol. The smallest absolute Gasteiger partial charge is 0.0837 e. The van der Waals surface area contributed by atoms with E-state index in [2.05, 4.69) is 26.1 Å². The first-order chi connectivity index (χ1) is 7.20. The van der Waals surface area contributed by atoms with Crippen molar-refractivity contribution in [1.82, 2.24) is 4.98 Å². The molecule has 1 N–H and O–H groups in total. The van der Waals surface area contributed by atoms with E-state index >= 15 is 0 Å². The number of pyridine rings is 1. The van der Waals surface area contributed by atoms with Crippen molar-refractivity contribution in [2.45, 2.75) is 6.92 Å². The summed E-state index contributed by atoms with van der Waals surface area (Å²) in [5.74, 6) is 0. The van der Waals surface area contributed by atoms with Crippen LogP contribution in [0.1, 0.15) is 12.5 Å². The normalized spacial score (nSPS) is 12.0. The van der Waals surface area contributed by atoms with Gasteiger partial charge in [0.1, 0.15) is 0 Å². The van der Waals surface area contributed by atoms with Gasteiger partial charge in [0.2, 0.25) is 0 Å². The molecule has 3 nitrogen and oxygen atoms in total. The fourth-order valence-corrected chi connectivity index (χ4v) is 1.74. The van der Waals surface area contributed by atoms with E-state index in [0.29, 0.717) is 5.71 Å². The molecule has 0 amide bonds. The van der Waals surface area contributed by atoms with E-state index in [9.17, 15) is 0 Å². The monoisotopic (exact) mass is 264 g/mol. The minimum atomic E-state index is 0.594. The number of benzene rings is 1. The summed E-state index contributed by atoms with van der Waals surface area (Å²) in [5.41, 5.74) is 2.41. The molecule has 0 fully saturated rings. The van der Waals surface area contributed by atoms with E-state index in [1.54, 1.807) is 13.1 Å². The average Bonchev–Trinajstić information content (AvgIpc) is 2.27. The van der Waals surface area contributed by atoms with Gasteiger partial charge in [0.15, 0.2) is 0 Å². The van der Waals surface area contributed by atoms with E-state index in [4.69, 9.17) is 5.21 Å². The number of rotatable bonds is 1. The molecule has 0 aliphatic heterocycles. The van der Waals surface area contributed by atoms with Gasteiger partial charge < -0.3 is 5.21 Å². The van der Waals surface area contributed by atoms with Crippen molar-refractivity contribution in [1.29, 1.82) is 0 Å². The van der Waals surface area contributed by atoms with Crippen LogP contribution in [0, 0.1) is 0 Å². The third-order valence-corrected chi connectivity index (χ3v) is 2.65. The van der Waals surface area contributed by atoms with Gasteiger partial charge in [0, 0.05) is 16.1 Å². The third-order valence-electron chi connectivity index (χ3n) is 2.22. The van der Waals surface area contributed by atoms with Crippen LogP contribution in [-0.2, 0) is 0 Å². The van der Waals surface area contributed by atoms with E-state index < -0.39 is 0 Å². The van der Waals surface area contributed by atoms with Gasteiger partial charge in [0.25, 0.3) is 0 Å². The fourth-order valence-electron chi connectivity index (χ4n) is 1.39. The molecule has 76 valence electrons. The first-order valence-electron chi connectivity index (χ1n) is 4.45. The van der Waals surface area contributed by atoms with Crippen LogP contribution in [0.3, 0.4) is 0 Å². The summed E-state index contributed by atoms with van der Waals surface area (Å²) in [6.07, 6.45) is 1.76. The first-order valence-corrected chi connectivity index (χ1v) is 5.24. The molecule has 0 spiro atoms. The molecule has 0 saturated heterocycles. The van der Waals surface area contributed by atoms with Gasteiger partial charge >= 0.3 is 0 Å². The number of aromatic nitrogens is 1. The summed E-state index contributed by atoms with van der Waals surface area (Å²) in [4.78, 5) is 4.26. The Morgan fingerprint density at radius 1 is 1.40 bits per heavy atom. The van der Waals surface area contributed by atoms with Crippen LogP contribution in [0.4, 0.5) is 0 Å². The second-order valence-electron chi connectivity index (χ2n) is 3.25. The van der Waals surface area contributed by atoms with Crippen molar-refractivity contribution in [2.24, 2.45) is 5.16 Å². The molecule has 15 heavy (non-hydrogen) atoms. The molecular weight excluding hydrogens is 256 g/mol. The number of halogens is 1. The molecule has 0 aliphatic rings. The van der Waals surface area contributed by atoms with Crippen molar-refractivity contribution in [3.63, 3.8) is 0 Å². The Bertz CT molecular complexity index is 537. The molecule has 0 radical (unpaired) electrons. The lowest BCUT2D eigenvalue weighted by Crippen LogP contribution is -1.94. The number of nitrogens with zero attached hydrogens (tertiary/aromatic N) is 2. The Labute approximate surface area is 95.6 Å². The summed E-state index contributed by atoms with van der Waals surface area (Å²) in [7, 11) is 0. The van der Waals surface area contributed by atoms with Crippen molar-refractivity contribution in [3.8, 4) is 0 Å². The largest absolute Gasteiger partial charge is 0.411 e. The lowest BCUT2D eigenvalue weighted by atomic mass is 10.1. The van der Waals surface area contributed by atoms with Gasteiger partial charge in [-0.1, -0.05) is 11.2 Å². The molecule has 0 atom stereocenters. The van der Waals surface area contributed by atoms with E-state index in [-0.39, 0.29) is 0 Å². The minimum absolute atomic E-state index is 0.594. The van der Waals surface area contributed by atoms with Gasteiger partial charge in [0.05, 0.1) is 11.2 Å².